The Morgan fingerprint density at radius 3 is 2.39 bits per heavy atom. The topological polar surface area (TPSA) is 21.3 Å². The highest BCUT2D eigenvalue weighted by Crippen LogP contribution is 2.14. The van der Waals surface area contributed by atoms with Crippen molar-refractivity contribution < 1.29 is 4.74 Å². The summed E-state index contributed by atoms with van der Waals surface area (Å²) in [5.41, 5.74) is 1.37. The highest BCUT2D eigenvalue weighted by atomic mass is 127. The van der Waals surface area contributed by atoms with Crippen LogP contribution in [-0.2, 0) is 11.2 Å². The molecular weight excluding hydrogens is 337 g/mol. The number of hydrogen-bond donors (Lipinski definition) is 1. The predicted molar refractivity (Wildman–Crippen MR) is 86.0 cm³/mol. The van der Waals surface area contributed by atoms with Crippen molar-refractivity contribution in [3.63, 3.8) is 0 Å². The second kappa shape index (κ2) is 8.88. The van der Waals surface area contributed by atoms with Crippen molar-refractivity contribution in [1.82, 2.24) is 5.32 Å². The van der Waals surface area contributed by atoms with Gasteiger partial charge in [0, 0.05) is 16.2 Å². The summed E-state index contributed by atoms with van der Waals surface area (Å²) in [6, 6.07) is 9.14. The van der Waals surface area contributed by atoms with E-state index in [0.717, 1.165) is 25.9 Å². The molecule has 0 aliphatic heterocycles. The van der Waals surface area contributed by atoms with Crippen LogP contribution >= 0.6 is 22.6 Å². The summed E-state index contributed by atoms with van der Waals surface area (Å²) in [7, 11) is 2.03. The molecule has 2 unspecified atom stereocenters. The monoisotopic (exact) mass is 361 g/mol. The van der Waals surface area contributed by atoms with E-state index in [1.165, 1.54) is 9.13 Å². The number of hydrogen-bond acceptors (Lipinski definition) is 2. The van der Waals surface area contributed by atoms with Crippen LogP contribution in [0.2, 0.25) is 0 Å². The number of ether oxygens (including phenoxy) is 1. The summed E-state index contributed by atoms with van der Waals surface area (Å²) < 4.78 is 7.15. The van der Waals surface area contributed by atoms with Gasteiger partial charge in [-0.1, -0.05) is 25.5 Å². The fourth-order valence-corrected chi connectivity index (χ4v) is 2.55. The molecule has 0 saturated carbocycles. The average Bonchev–Trinajstić information content (AvgIpc) is 2.38. The van der Waals surface area contributed by atoms with Crippen LogP contribution in [0.4, 0.5) is 0 Å². The van der Waals surface area contributed by atoms with Gasteiger partial charge >= 0.3 is 0 Å². The van der Waals surface area contributed by atoms with Crippen molar-refractivity contribution in [2.24, 2.45) is 0 Å². The Morgan fingerprint density at radius 2 is 1.89 bits per heavy atom. The van der Waals surface area contributed by atoms with Gasteiger partial charge in [-0.2, -0.15) is 0 Å². The summed E-state index contributed by atoms with van der Waals surface area (Å²) in [6.07, 6.45) is 3.61. The minimum Gasteiger partial charge on any atom is -0.377 e. The zero-order valence-electron chi connectivity index (χ0n) is 11.6. The van der Waals surface area contributed by atoms with Crippen molar-refractivity contribution in [2.75, 3.05) is 13.7 Å². The molecular formula is C15H24INO. The second-order valence-electron chi connectivity index (χ2n) is 4.51. The van der Waals surface area contributed by atoms with Crippen LogP contribution < -0.4 is 5.32 Å². The maximum atomic E-state index is 5.87. The Hall–Kier alpha value is -0.130. The first-order chi connectivity index (χ1) is 8.71. The minimum absolute atomic E-state index is 0.310. The zero-order chi connectivity index (χ0) is 13.4. The first kappa shape index (κ1) is 15.9. The average molecular weight is 361 g/mol. The van der Waals surface area contributed by atoms with Crippen LogP contribution in [0.25, 0.3) is 0 Å². The molecule has 2 atom stereocenters. The molecule has 0 radical (unpaired) electrons. The van der Waals surface area contributed by atoms with E-state index in [-0.39, 0.29) is 0 Å². The Bertz CT molecular complexity index is 320. The van der Waals surface area contributed by atoms with Crippen molar-refractivity contribution in [1.29, 1.82) is 0 Å². The van der Waals surface area contributed by atoms with E-state index in [1.54, 1.807) is 0 Å². The Labute approximate surface area is 125 Å². The van der Waals surface area contributed by atoms with Crippen LogP contribution in [0.3, 0.4) is 0 Å². The Kier molecular flexibility index (Phi) is 7.86. The molecule has 1 aromatic carbocycles. The first-order valence-electron chi connectivity index (χ1n) is 6.74. The minimum atomic E-state index is 0.310. The third-order valence-corrected chi connectivity index (χ3v) is 3.86. The van der Waals surface area contributed by atoms with Crippen molar-refractivity contribution >= 4 is 22.6 Å². The summed E-state index contributed by atoms with van der Waals surface area (Å²) in [4.78, 5) is 0. The van der Waals surface area contributed by atoms with Crippen LogP contribution in [0.1, 0.15) is 32.3 Å². The van der Waals surface area contributed by atoms with Gasteiger partial charge in [-0.05, 0) is 67.1 Å². The molecule has 0 aromatic heterocycles. The molecule has 0 spiro atoms. The maximum Gasteiger partial charge on any atom is 0.0730 e. The molecule has 0 saturated heterocycles. The standard InChI is InChI=1S/C15H24INO/c1-4-6-15(18-5-2)14(17-3)11-12-7-9-13(16)10-8-12/h7-10,14-15,17H,4-6,11H2,1-3H3. The number of nitrogens with one attached hydrogen (secondary N) is 1. The van der Waals surface area contributed by atoms with E-state index in [1.807, 2.05) is 7.05 Å². The van der Waals surface area contributed by atoms with Crippen LogP contribution in [0.5, 0.6) is 0 Å². The van der Waals surface area contributed by atoms with Gasteiger partial charge in [-0.25, -0.2) is 0 Å². The fourth-order valence-electron chi connectivity index (χ4n) is 2.19. The quantitative estimate of drug-likeness (QED) is 0.714. The summed E-state index contributed by atoms with van der Waals surface area (Å²) in [5.74, 6) is 0. The van der Waals surface area contributed by atoms with Gasteiger partial charge in [0.05, 0.1) is 6.10 Å². The molecule has 18 heavy (non-hydrogen) atoms. The highest BCUT2D eigenvalue weighted by molar-refractivity contribution is 14.1. The van der Waals surface area contributed by atoms with Gasteiger partial charge in [0.25, 0.3) is 0 Å². The fraction of sp³-hybridized carbons (Fsp3) is 0.600. The number of likely N-dealkylation sites (N-methyl/N-ethyl adjacent to an activating group) is 1. The molecule has 0 aliphatic rings. The maximum absolute atomic E-state index is 5.87. The molecule has 0 fully saturated rings. The number of halogens is 1. The van der Waals surface area contributed by atoms with Crippen molar-refractivity contribution in [2.45, 2.75) is 45.3 Å². The Balaban J connectivity index is 2.66. The molecule has 3 heteroatoms. The Morgan fingerprint density at radius 1 is 1.22 bits per heavy atom. The van der Waals surface area contributed by atoms with Gasteiger partial charge < -0.3 is 10.1 Å². The van der Waals surface area contributed by atoms with Crippen LogP contribution in [-0.4, -0.2) is 25.8 Å². The number of benzene rings is 1. The van der Waals surface area contributed by atoms with Crippen molar-refractivity contribution in [3.8, 4) is 0 Å². The van der Waals surface area contributed by atoms with Gasteiger partial charge in [0.15, 0.2) is 0 Å². The third kappa shape index (κ3) is 5.24. The SMILES string of the molecule is CCCC(OCC)C(Cc1ccc(I)cc1)NC. The van der Waals surface area contributed by atoms with E-state index >= 15 is 0 Å². The molecule has 0 heterocycles. The predicted octanol–water partition coefficient (Wildman–Crippen LogP) is 3.63. The molecule has 1 aromatic rings. The van der Waals surface area contributed by atoms with E-state index in [0.29, 0.717) is 12.1 Å². The zero-order valence-corrected chi connectivity index (χ0v) is 13.7. The molecule has 0 amide bonds. The van der Waals surface area contributed by atoms with Gasteiger partial charge in [-0.3, -0.25) is 0 Å². The normalized spacial score (nSPS) is 14.4. The molecule has 2 nitrogen and oxygen atoms in total. The van der Waals surface area contributed by atoms with E-state index in [2.05, 4.69) is 66.0 Å². The lowest BCUT2D eigenvalue weighted by Crippen LogP contribution is -2.41. The smallest absolute Gasteiger partial charge is 0.0730 e. The largest absolute Gasteiger partial charge is 0.377 e. The molecule has 102 valence electrons. The first-order valence-corrected chi connectivity index (χ1v) is 7.82. The van der Waals surface area contributed by atoms with Gasteiger partial charge in [0.2, 0.25) is 0 Å². The van der Waals surface area contributed by atoms with E-state index in [4.69, 9.17) is 4.74 Å². The van der Waals surface area contributed by atoms with Crippen LogP contribution in [0.15, 0.2) is 24.3 Å². The second-order valence-corrected chi connectivity index (χ2v) is 5.75. The van der Waals surface area contributed by atoms with Crippen molar-refractivity contribution in [3.05, 3.63) is 33.4 Å². The lowest BCUT2D eigenvalue weighted by molar-refractivity contribution is 0.0301. The van der Waals surface area contributed by atoms with Gasteiger partial charge in [0.1, 0.15) is 0 Å². The molecule has 0 aliphatic carbocycles. The third-order valence-electron chi connectivity index (χ3n) is 3.14. The lowest BCUT2D eigenvalue weighted by atomic mass is 9.98. The molecule has 1 rings (SSSR count). The number of rotatable bonds is 8. The van der Waals surface area contributed by atoms with Gasteiger partial charge in [-0.15, -0.1) is 0 Å². The van der Waals surface area contributed by atoms with E-state index < -0.39 is 0 Å². The van der Waals surface area contributed by atoms with Crippen LogP contribution in [0, 0.1) is 3.57 Å². The molecule has 1 N–H and O–H groups in total. The summed E-state index contributed by atoms with van der Waals surface area (Å²) in [6.45, 7) is 5.07. The highest BCUT2D eigenvalue weighted by Gasteiger charge is 2.19. The molecule has 0 bridgehead atoms. The summed E-state index contributed by atoms with van der Waals surface area (Å²) in [5, 5.41) is 3.41. The summed E-state index contributed by atoms with van der Waals surface area (Å²) >= 11 is 2.34. The lowest BCUT2D eigenvalue weighted by Gasteiger charge is -2.26. The van der Waals surface area contributed by atoms with E-state index in [9.17, 15) is 0 Å².